The van der Waals surface area contributed by atoms with Gasteiger partial charge in [-0.25, -0.2) is 0 Å². The van der Waals surface area contributed by atoms with Gasteiger partial charge in [-0.1, -0.05) is 20.8 Å². The van der Waals surface area contributed by atoms with Gasteiger partial charge in [-0.15, -0.1) is 0 Å². The SMILES string of the molecule is CCN(CC(C)C)C(=O)C1(C#N)CC(C)C1. The Bertz CT molecular complexity index is 298. The maximum absolute atomic E-state index is 12.3. The number of hydrogen-bond acceptors (Lipinski definition) is 2. The molecule has 0 radical (unpaired) electrons. The maximum Gasteiger partial charge on any atom is 0.243 e. The molecule has 0 spiro atoms. The quantitative estimate of drug-likeness (QED) is 0.733. The lowest BCUT2D eigenvalue weighted by molar-refractivity contribution is -0.145. The van der Waals surface area contributed by atoms with E-state index in [-0.39, 0.29) is 5.91 Å². The van der Waals surface area contributed by atoms with Crippen molar-refractivity contribution in [3.05, 3.63) is 0 Å². The summed E-state index contributed by atoms with van der Waals surface area (Å²) >= 11 is 0. The lowest BCUT2D eigenvalue weighted by Gasteiger charge is -2.42. The standard InChI is InChI=1S/C13H22N2O/c1-5-15(8-10(2)3)12(16)13(9-14)6-11(4)7-13/h10-11H,5-8H2,1-4H3. The molecule has 90 valence electrons. The van der Waals surface area contributed by atoms with E-state index in [9.17, 15) is 10.1 Å². The van der Waals surface area contributed by atoms with Crippen molar-refractivity contribution in [2.75, 3.05) is 13.1 Å². The van der Waals surface area contributed by atoms with Gasteiger partial charge in [0.2, 0.25) is 5.91 Å². The Morgan fingerprint density at radius 2 is 2.12 bits per heavy atom. The van der Waals surface area contributed by atoms with E-state index in [2.05, 4.69) is 26.8 Å². The summed E-state index contributed by atoms with van der Waals surface area (Å²) in [7, 11) is 0. The Kier molecular flexibility index (Phi) is 3.96. The summed E-state index contributed by atoms with van der Waals surface area (Å²) in [6.45, 7) is 9.73. The normalized spacial score (nSPS) is 28.4. The molecule has 1 rings (SSSR count). The predicted molar refractivity (Wildman–Crippen MR) is 63.5 cm³/mol. The van der Waals surface area contributed by atoms with Crippen molar-refractivity contribution < 1.29 is 4.79 Å². The highest BCUT2D eigenvalue weighted by atomic mass is 16.2. The van der Waals surface area contributed by atoms with Gasteiger partial charge in [0, 0.05) is 13.1 Å². The first-order valence-electron chi connectivity index (χ1n) is 6.15. The number of amides is 1. The number of nitriles is 1. The number of hydrogen-bond donors (Lipinski definition) is 0. The van der Waals surface area contributed by atoms with E-state index in [4.69, 9.17) is 0 Å². The zero-order valence-electron chi connectivity index (χ0n) is 10.8. The smallest absolute Gasteiger partial charge is 0.243 e. The van der Waals surface area contributed by atoms with E-state index in [0.29, 0.717) is 18.4 Å². The molecule has 0 unspecified atom stereocenters. The van der Waals surface area contributed by atoms with Crippen LogP contribution in [-0.2, 0) is 4.79 Å². The van der Waals surface area contributed by atoms with Crippen molar-refractivity contribution in [3.63, 3.8) is 0 Å². The van der Waals surface area contributed by atoms with Crippen LogP contribution in [0, 0.1) is 28.6 Å². The molecule has 0 aliphatic heterocycles. The summed E-state index contributed by atoms with van der Waals surface area (Å²) in [6, 6.07) is 2.24. The third-order valence-corrected chi connectivity index (χ3v) is 3.27. The van der Waals surface area contributed by atoms with Gasteiger partial charge in [0.25, 0.3) is 0 Å². The van der Waals surface area contributed by atoms with Crippen LogP contribution >= 0.6 is 0 Å². The first-order valence-corrected chi connectivity index (χ1v) is 6.15. The van der Waals surface area contributed by atoms with Crippen LogP contribution in [0.25, 0.3) is 0 Å². The van der Waals surface area contributed by atoms with Crippen LogP contribution < -0.4 is 0 Å². The summed E-state index contributed by atoms with van der Waals surface area (Å²) in [5.74, 6) is 1.02. The molecule has 0 aromatic carbocycles. The van der Waals surface area contributed by atoms with E-state index in [0.717, 1.165) is 19.4 Å². The molecule has 1 aliphatic rings. The molecule has 1 amide bonds. The fraction of sp³-hybridized carbons (Fsp3) is 0.846. The third kappa shape index (κ3) is 2.37. The number of rotatable bonds is 4. The largest absolute Gasteiger partial charge is 0.341 e. The van der Waals surface area contributed by atoms with Crippen molar-refractivity contribution in [2.24, 2.45) is 17.3 Å². The zero-order chi connectivity index (χ0) is 12.3. The molecule has 1 fully saturated rings. The lowest BCUT2D eigenvalue weighted by Crippen LogP contribution is -2.50. The summed E-state index contributed by atoms with van der Waals surface area (Å²) < 4.78 is 0. The van der Waals surface area contributed by atoms with E-state index in [1.807, 2.05) is 11.8 Å². The van der Waals surface area contributed by atoms with Crippen LogP contribution in [-0.4, -0.2) is 23.9 Å². The van der Waals surface area contributed by atoms with Crippen LogP contribution in [0.3, 0.4) is 0 Å². The average Bonchev–Trinajstić information content (AvgIpc) is 2.19. The van der Waals surface area contributed by atoms with Crippen LogP contribution in [0.15, 0.2) is 0 Å². The van der Waals surface area contributed by atoms with Gasteiger partial charge in [0.1, 0.15) is 5.41 Å². The molecule has 0 atom stereocenters. The van der Waals surface area contributed by atoms with E-state index in [1.165, 1.54) is 0 Å². The van der Waals surface area contributed by atoms with Crippen LogP contribution in [0.5, 0.6) is 0 Å². The third-order valence-electron chi connectivity index (χ3n) is 3.27. The van der Waals surface area contributed by atoms with Crippen molar-refractivity contribution in [1.82, 2.24) is 4.90 Å². The van der Waals surface area contributed by atoms with E-state index in [1.54, 1.807) is 0 Å². The molecular formula is C13H22N2O. The monoisotopic (exact) mass is 222 g/mol. The highest BCUT2D eigenvalue weighted by Crippen LogP contribution is 2.46. The molecule has 0 bridgehead atoms. The Labute approximate surface area is 98.4 Å². The van der Waals surface area contributed by atoms with Gasteiger partial charge >= 0.3 is 0 Å². The molecule has 0 aromatic rings. The van der Waals surface area contributed by atoms with Crippen molar-refractivity contribution in [3.8, 4) is 6.07 Å². The van der Waals surface area contributed by atoms with Gasteiger partial charge in [-0.2, -0.15) is 5.26 Å². The summed E-state index contributed by atoms with van der Waals surface area (Å²) in [4.78, 5) is 14.1. The van der Waals surface area contributed by atoms with Crippen molar-refractivity contribution >= 4 is 5.91 Å². The summed E-state index contributed by atoms with van der Waals surface area (Å²) in [6.07, 6.45) is 1.47. The number of nitrogens with zero attached hydrogens (tertiary/aromatic N) is 2. The fourth-order valence-corrected chi connectivity index (χ4v) is 2.54. The minimum Gasteiger partial charge on any atom is -0.341 e. The molecular weight excluding hydrogens is 200 g/mol. The van der Waals surface area contributed by atoms with Gasteiger partial charge in [0.15, 0.2) is 0 Å². The topological polar surface area (TPSA) is 44.1 Å². The second kappa shape index (κ2) is 4.86. The number of carbonyl (C=O) groups excluding carboxylic acids is 1. The second-order valence-electron chi connectivity index (χ2n) is 5.44. The van der Waals surface area contributed by atoms with Crippen molar-refractivity contribution in [2.45, 2.75) is 40.5 Å². The average molecular weight is 222 g/mol. The molecule has 1 aliphatic carbocycles. The molecule has 0 saturated heterocycles. The number of carbonyl (C=O) groups is 1. The molecule has 0 N–H and O–H groups in total. The molecule has 0 heterocycles. The van der Waals surface area contributed by atoms with Gasteiger partial charge in [-0.05, 0) is 31.6 Å². The van der Waals surface area contributed by atoms with Gasteiger partial charge in [-0.3, -0.25) is 4.79 Å². The molecule has 3 heteroatoms. The first-order chi connectivity index (χ1) is 7.45. The summed E-state index contributed by atoms with van der Waals surface area (Å²) in [5.41, 5.74) is -0.704. The zero-order valence-corrected chi connectivity index (χ0v) is 10.8. The fourth-order valence-electron chi connectivity index (χ4n) is 2.54. The molecule has 0 aromatic heterocycles. The molecule has 16 heavy (non-hydrogen) atoms. The second-order valence-corrected chi connectivity index (χ2v) is 5.44. The highest BCUT2D eigenvalue weighted by Gasteiger charge is 2.50. The highest BCUT2D eigenvalue weighted by molar-refractivity contribution is 5.86. The first kappa shape index (κ1) is 13.0. The molecule has 1 saturated carbocycles. The minimum atomic E-state index is -0.704. The van der Waals surface area contributed by atoms with E-state index >= 15 is 0 Å². The summed E-state index contributed by atoms with van der Waals surface area (Å²) in [5, 5.41) is 9.21. The maximum atomic E-state index is 12.3. The minimum absolute atomic E-state index is 0.0456. The Morgan fingerprint density at radius 3 is 2.44 bits per heavy atom. The van der Waals surface area contributed by atoms with E-state index < -0.39 is 5.41 Å². The molecule has 3 nitrogen and oxygen atoms in total. The predicted octanol–water partition coefficient (Wildman–Crippen LogP) is 2.43. The van der Waals surface area contributed by atoms with Crippen LogP contribution in [0.2, 0.25) is 0 Å². The lowest BCUT2D eigenvalue weighted by atomic mass is 9.62. The van der Waals surface area contributed by atoms with Crippen LogP contribution in [0.1, 0.15) is 40.5 Å². The Morgan fingerprint density at radius 1 is 1.56 bits per heavy atom. The van der Waals surface area contributed by atoms with Gasteiger partial charge in [0.05, 0.1) is 6.07 Å². The Hall–Kier alpha value is -1.04. The Balaban J connectivity index is 2.71. The van der Waals surface area contributed by atoms with Crippen molar-refractivity contribution in [1.29, 1.82) is 5.26 Å². The van der Waals surface area contributed by atoms with Gasteiger partial charge < -0.3 is 4.90 Å². The van der Waals surface area contributed by atoms with Crippen LogP contribution in [0.4, 0.5) is 0 Å².